The van der Waals surface area contributed by atoms with Crippen molar-refractivity contribution in [1.82, 2.24) is 4.90 Å². The Labute approximate surface area is 129 Å². The highest BCUT2D eigenvalue weighted by atomic mass is 79.9. The van der Waals surface area contributed by atoms with E-state index in [1.807, 2.05) is 0 Å². The molecule has 1 saturated heterocycles. The van der Waals surface area contributed by atoms with Gasteiger partial charge in [0.1, 0.15) is 0 Å². The van der Waals surface area contributed by atoms with Crippen LogP contribution in [0.3, 0.4) is 0 Å². The lowest BCUT2D eigenvalue weighted by Crippen LogP contribution is -2.43. The molecular weight excluding hydrogens is 314 g/mol. The van der Waals surface area contributed by atoms with E-state index in [9.17, 15) is 4.79 Å². The van der Waals surface area contributed by atoms with Crippen molar-refractivity contribution in [3.05, 3.63) is 35.4 Å². The number of amides is 1. The fourth-order valence-corrected chi connectivity index (χ4v) is 4.15. The standard InChI is InChI=1S/C17H22BrNO/c18-11-13-5-4-10-19(12-13)17(20)16-9-3-7-14-6-1-2-8-15(14)16/h1-2,6,8,13,16H,3-5,7,9-12H2. The summed E-state index contributed by atoms with van der Waals surface area (Å²) in [7, 11) is 0. The first-order valence-corrected chi connectivity index (χ1v) is 8.84. The Morgan fingerprint density at radius 1 is 1.25 bits per heavy atom. The summed E-state index contributed by atoms with van der Waals surface area (Å²) in [5.41, 5.74) is 2.66. The van der Waals surface area contributed by atoms with Crippen molar-refractivity contribution >= 4 is 21.8 Å². The van der Waals surface area contributed by atoms with Gasteiger partial charge < -0.3 is 4.90 Å². The van der Waals surface area contributed by atoms with E-state index in [-0.39, 0.29) is 5.92 Å². The van der Waals surface area contributed by atoms with Gasteiger partial charge in [0, 0.05) is 18.4 Å². The van der Waals surface area contributed by atoms with Gasteiger partial charge in [-0.05, 0) is 49.1 Å². The number of nitrogens with zero attached hydrogens (tertiary/aromatic N) is 1. The molecule has 0 saturated carbocycles. The molecular formula is C17H22BrNO. The Morgan fingerprint density at radius 3 is 2.95 bits per heavy atom. The number of halogens is 1. The summed E-state index contributed by atoms with van der Waals surface area (Å²) in [5.74, 6) is 1.10. The SMILES string of the molecule is O=C(C1CCCc2ccccc21)N1CCCC(CBr)C1. The molecule has 2 nitrogen and oxygen atoms in total. The molecule has 0 bridgehead atoms. The van der Waals surface area contributed by atoms with Gasteiger partial charge in [-0.15, -0.1) is 0 Å². The van der Waals surface area contributed by atoms with Crippen molar-refractivity contribution < 1.29 is 4.79 Å². The number of fused-ring (bicyclic) bond motifs is 1. The number of carbonyl (C=O) groups excluding carboxylic acids is 1. The quantitative estimate of drug-likeness (QED) is 0.754. The molecule has 2 aliphatic rings. The average Bonchev–Trinajstić information content (AvgIpc) is 2.53. The van der Waals surface area contributed by atoms with Crippen LogP contribution in [-0.2, 0) is 11.2 Å². The average molecular weight is 336 g/mol. The van der Waals surface area contributed by atoms with Gasteiger partial charge in [0.15, 0.2) is 0 Å². The van der Waals surface area contributed by atoms with E-state index < -0.39 is 0 Å². The maximum atomic E-state index is 12.9. The highest BCUT2D eigenvalue weighted by Crippen LogP contribution is 2.34. The van der Waals surface area contributed by atoms with Crippen LogP contribution >= 0.6 is 15.9 Å². The third-order valence-corrected chi connectivity index (χ3v) is 5.63. The van der Waals surface area contributed by atoms with E-state index in [4.69, 9.17) is 0 Å². The number of carbonyl (C=O) groups is 1. The molecule has 0 aromatic heterocycles. The van der Waals surface area contributed by atoms with Crippen molar-refractivity contribution in [1.29, 1.82) is 0 Å². The Morgan fingerprint density at radius 2 is 2.10 bits per heavy atom. The summed E-state index contributed by atoms with van der Waals surface area (Å²) in [6.07, 6.45) is 5.69. The summed E-state index contributed by atoms with van der Waals surface area (Å²) in [6, 6.07) is 8.50. The predicted octanol–water partition coefficient (Wildman–Crippen LogP) is 3.74. The summed E-state index contributed by atoms with van der Waals surface area (Å²) in [6.45, 7) is 1.88. The molecule has 1 aliphatic heterocycles. The van der Waals surface area contributed by atoms with Crippen LogP contribution in [-0.4, -0.2) is 29.2 Å². The minimum atomic E-state index is 0.106. The third kappa shape index (κ3) is 2.78. The first kappa shape index (κ1) is 14.1. The zero-order valence-electron chi connectivity index (χ0n) is 11.9. The molecule has 0 N–H and O–H groups in total. The predicted molar refractivity (Wildman–Crippen MR) is 85.2 cm³/mol. The first-order chi connectivity index (χ1) is 9.79. The smallest absolute Gasteiger partial charge is 0.230 e. The number of hydrogen-bond donors (Lipinski definition) is 0. The molecule has 1 heterocycles. The minimum absolute atomic E-state index is 0.106. The van der Waals surface area contributed by atoms with Gasteiger partial charge >= 0.3 is 0 Å². The second-order valence-electron chi connectivity index (χ2n) is 6.09. The fourth-order valence-electron chi connectivity index (χ4n) is 3.62. The minimum Gasteiger partial charge on any atom is -0.342 e. The highest BCUT2D eigenvalue weighted by molar-refractivity contribution is 9.09. The van der Waals surface area contributed by atoms with Crippen LogP contribution in [0.15, 0.2) is 24.3 Å². The number of piperidine rings is 1. The normalized spacial score (nSPS) is 26.1. The van der Waals surface area contributed by atoms with Crippen LogP contribution in [0.5, 0.6) is 0 Å². The number of aryl methyl sites for hydroxylation is 1. The van der Waals surface area contributed by atoms with Crippen molar-refractivity contribution in [2.24, 2.45) is 5.92 Å². The van der Waals surface area contributed by atoms with E-state index in [1.54, 1.807) is 0 Å². The monoisotopic (exact) mass is 335 g/mol. The molecule has 1 aromatic carbocycles. The Bertz CT molecular complexity index is 488. The molecule has 0 radical (unpaired) electrons. The third-order valence-electron chi connectivity index (χ3n) is 4.72. The lowest BCUT2D eigenvalue weighted by atomic mass is 9.81. The molecule has 3 rings (SSSR count). The van der Waals surface area contributed by atoms with Gasteiger partial charge in [0.05, 0.1) is 5.92 Å². The second kappa shape index (κ2) is 6.30. The van der Waals surface area contributed by atoms with Gasteiger partial charge in [-0.25, -0.2) is 0 Å². The van der Waals surface area contributed by atoms with E-state index in [0.29, 0.717) is 11.8 Å². The molecule has 2 atom stereocenters. The zero-order valence-corrected chi connectivity index (χ0v) is 13.4. The van der Waals surface area contributed by atoms with Crippen molar-refractivity contribution in [3.8, 4) is 0 Å². The maximum absolute atomic E-state index is 12.9. The Hall–Kier alpha value is -0.830. The lowest BCUT2D eigenvalue weighted by Gasteiger charge is -2.36. The zero-order chi connectivity index (χ0) is 13.9. The Balaban J connectivity index is 1.78. The van der Waals surface area contributed by atoms with Crippen molar-refractivity contribution in [2.45, 2.75) is 38.0 Å². The number of likely N-dealkylation sites (tertiary alicyclic amines) is 1. The summed E-state index contributed by atoms with van der Waals surface area (Å²) in [4.78, 5) is 15.0. The first-order valence-electron chi connectivity index (χ1n) is 7.72. The molecule has 1 amide bonds. The molecule has 1 aromatic rings. The van der Waals surface area contributed by atoms with Crippen LogP contribution in [0.2, 0.25) is 0 Å². The fraction of sp³-hybridized carbons (Fsp3) is 0.588. The summed E-state index contributed by atoms with van der Waals surface area (Å²) in [5, 5.41) is 1.01. The van der Waals surface area contributed by atoms with Crippen molar-refractivity contribution in [3.63, 3.8) is 0 Å². The molecule has 20 heavy (non-hydrogen) atoms. The van der Waals surface area contributed by atoms with Crippen LogP contribution < -0.4 is 0 Å². The number of benzene rings is 1. The van der Waals surface area contributed by atoms with Crippen LogP contribution in [0.1, 0.15) is 42.7 Å². The summed E-state index contributed by atoms with van der Waals surface area (Å²) < 4.78 is 0. The number of hydrogen-bond acceptors (Lipinski definition) is 1. The Kier molecular flexibility index (Phi) is 4.45. The highest BCUT2D eigenvalue weighted by Gasteiger charge is 2.32. The molecule has 3 heteroatoms. The van der Waals surface area contributed by atoms with Gasteiger partial charge in [0.2, 0.25) is 5.91 Å². The second-order valence-corrected chi connectivity index (χ2v) is 6.74. The molecule has 1 aliphatic carbocycles. The lowest BCUT2D eigenvalue weighted by molar-refractivity contribution is -0.134. The van der Waals surface area contributed by atoms with Gasteiger partial charge in [-0.2, -0.15) is 0 Å². The molecule has 0 spiro atoms. The van der Waals surface area contributed by atoms with E-state index >= 15 is 0 Å². The molecule has 1 fully saturated rings. The van der Waals surface area contributed by atoms with Gasteiger partial charge in [-0.3, -0.25) is 4.79 Å². The van der Waals surface area contributed by atoms with Gasteiger partial charge in [0.25, 0.3) is 0 Å². The maximum Gasteiger partial charge on any atom is 0.230 e. The van der Waals surface area contributed by atoms with Crippen molar-refractivity contribution in [2.75, 3.05) is 18.4 Å². The molecule has 2 unspecified atom stereocenters. The van der Waals surface area contributed by atoms with Crippen LogP contribution in [0.25, 0.3) is 0 Å². The number of alkyl halides is 1. The van der Waals surface area contributed by atoms with Crippen LogP contribution in [0.4, 0.5) is 0 Å². The van der Waals surface area contributed by atoms with Crippen LogP contribution in [0, 0.1) is 5.92 Å². The van der Waals surface area contributed by atoms with E-state index in [1.165, 1.54) is 17.5 Å². The largest absolute Gasteiger partial charge is 0.342 e. The van der Waals surface area contributed by atoms with E-state index in [0.717, 1.165) is 44.1 Å². The number of rotatable bonds is 2. The van der Waals surface area contributed by atoms with Gasteiger partial charge in [-0.1, -0.05) is 40.2 Å². The summed E-state index contributed by atoms with van der Waals surface area (Å²) >= 11 is 3.57. The van der Waals surface area contributed by atoms with E-state index in [2.05, 4.69) is 45.1 Å². The molecule has 108 valence electrons. The topological polar surface area (TPSA) is 20.3 Å².